The Morgan fingerprint density at radius 1 is 0.886 bits per heavy atom. The first-order chi connectivity index (χ1) is 17.0. The number of benzene rings is 2. The van der Waals surface area contributed by atoms with E-state index in [2.05, 4.69) is 5.32 Å². The van der Waals surface area contributed by atoms with Gasteiger partial charge in [0, 0.05) is 31.7 Å². The summed E-state index contributed by atoms with van der Waals surface area (Å²) in [5.74, 6) is 0.518. The summed E-state index contributed by atoms with van der Waals surface area (Å²) in [5, 5.41) is 3.05. The second kappa shape index (κ2) is 11.9. The maximum absolute atomic E-state index is 13.5. The van der Waals surface area contributed by atoms with Gasteiger partial charge >= 0.3 is 0 Å². The normalized spacial score (nSPS) is 17.5. The summed E-state index contributed by atoms with van der Waals surface area (Å²) in [7, 11) is 1.58. The van der Waals surface area contributed by atoms with Crippen molar-refractivity contribution in [3.63, 3.8) is 0 Å². The van der Waals surface area contributed by atoms with E-state index < -0.39 is 6.04 Å². The third kappa shape index (κ3) is 6.41. The number of methoxy groups -OCH3 is 1. The van der Waals surface area contributed by atoms with Crippen molar-refractivity contribution in [3.8, 4) is 5.75 Å². The van der Waals surface area contributed by atoms with Crippen molar-refractivity contribution >= 4 is 17.7 Å². The van der Waals surface area contributed by atoms with Gasteiger partial charge in [-0.2, -0.15) is 0 Å². The number of rotatable bonds is 7. The van der Waals surface area contributed by atoms with Crippen molar-refractivity contribution < 1.29 is 19.1 Å². The number of likely N-dealkylation sites (tertiary alicyclic amines) is 2. The summed E-state index contributed by atoms with van der Waals surface area (Å²) in [6.07, 6.45) is 4.89. The number of ether oxygens (including phenoxy) is 1. The lowest BCUT2D eigenvalue weighted by atomic mass is 9.87. The van der Waals surface area contributed by atoms with Crippen molar-refractivity contribution in [1.82, 2.24) is 15.1 Å². The molecule has 186 valence electrons. The summed E-state index contributed by atoms with van der Waals surface area (Å²) in [6, 6.07) is 16.1. The van der Waals surface area contributed by atoms with Crippen molar-refractivity contribution in [2.24, 2.45) is 5.92 Å². The highest BCUT2D eigenvalue weighted by atomic mass is 16.5. The first-order valence-electron chi connectivity index (χ1n) is 12.6. The van der Waals surface area contributed by atoms with Crippen LogP contribution in [0.25, 0.3) is 0 Å². The summed E-state index contributed by atoms with van der Waals surface area (Å²) < 4.78 is 5.18. The Bertz CT molecular complexity index is 995. The van der Waals surface area contributed by atoms with Crippen LogP contribution in [-0.2, 0) is 16.0 Å². The number of carbonyl (C=O) groups excluding carboxylic acids is 3. The first-order valence-corrected chi connectivity index (χ1v) is 12.6. The lowest BCUT2D eigenvalue weighted by Gasteiger charge is -2.38. The molecule has 2 fully saturated rings. The molecule has 2 aromatic rings. The number of amides is 3. The predicted molar refractivity (Wildman–Crippen MR) is 134 cm³/mol. The van der Waals surface area contributed by atoms with Crippen molar-refractivity contribution in [2.45, 2.75) is 44.6 Å². The van der Waals surface area contributed by atoms with Crippen LogP contribution < -0.4 is 10.1 Å². The standard InChI is InChI=1S/C28H35N3O4/c1-35-24-12-10-23(11-13-24)27(33)29-26(28(34)31-16-6-3-7-17-31)22-14-18-30(19-15-22)25(32)20-21-8-4-2-5-9-21/h2,4-5,8-13,22,26H,3,6-7,14-20H2,1H3,(H,29,33). The van der Waals surface area contributed by atoms with Crippen molar-refractivity contribution in [2.75, 3.05) is 33.3 Å². The maximum atomic E-state index is 13.5. The largest absolute Gasteiger partial charge is 0.497 e. The Hall–Kier alpha value is -3.35. The minimum atomic E-state index is -0.589. The zero-order chi connectivity index (χ0) is 24.6. The van der Waals surface area contributed by atoms with Gasteiger partial charge in [-0.1, -0.05) is 30.3 Å². The molecule has 0 bridgehead atoms. The van der Waals surface area contributed by atoms with Gasteiger partial charge in [0.1, 0.15) is 11.8 Å². The van der Waals surface area contributed by atoms with Crippen LogP contribution in [0.15, 0.2) is 54.6 Å². The molecule has 2 heterocycles. The van der Waals surface area contributed by atoms with Gasteiger partial charge in [-0.15, -0.1) is 0 Å². The molecule has 2 aliphatic rings. The molecule has 1 N–H and O–H groups in total. The molecule has 7 heteroatoms. The number of hydrogen-bond donors (Lipinski definition) is 1. The molecule has 0 saturated carbocycles. The van der Waals surface area contributed by atoms with Crippen LogP contribution in [0.1, 0.15) is 48.0 Å². The molecule has 1 unspecified atom stereocenters. The Labute approximate surface area is 207 Å². The van der Waals surface area contributed by atoms with E-state index >= 15 is 0 Å². The molecule has 0 aromatic heterocycles. The SMILES string of the molecule is COc1ccc(C(=O)NC(C(=O)N2CCCCC2)C2CCN(C(=O)Cc3ccccc3)CC2)cc1. The molecule has 2 saturated heterocycles. The molecular formula is C28H35N3O4. The van der Waals surface area contributed by atoms with Gasteiger partial charge in [-0.25, -0.2) is 0 Å². The summed E-state index contributed by atoms with van der Waals surface area (Å²) in [4.78, 5) is 43.2. The zero-order valence-corrected chi connectivity index (χ0v) is 20.4. The third-order valence-electron chi connectivity index (χ3n) is 7.13. The van der Waals surface area contributed by atoms with Crippen LogP contribution in [-0.4, -0.2) is 66.9 Å². The fraction of sp³-hybridized carbons (Fsp3) is 0.464. The van der Waals surface area contributed by atoms with Gasteiger partial charge in [0.2, 0.25) is 11.8 Å². The van der Waals surface area contributed by atoms with Gasteiger partial charge < -0.3 is 19.9 Å². The maximum Gasteiger partial charge on any atom is 0.251 e. The molecule has 0 spiro atoms. The molecular weight excluding hydrogens is 442 g/mol. The molecule has 7 nitrogen and oxygen atoms in total. The fourth-order valence-corrected chi connectivity index (χ4v) is 5.02. The van der Waals surface area contributed by atoms with E-state index in [1.54, 1.807) is 31.4 Å². The van der Waals surface area contributed by atoms with Crippen molar-refractivity contribution in [3.05, 3.63) is 65.7 Å². The average Bonchev–Trinajstić information content (AvgIpc) is 2.92. The highest BCUT2D eigenvalue weighted by Crippen LogP contribution is 2.25. The van der Waals surface area contributed by atoms with Crippen LogP contribution >= 0.6 is 0 Å². The zero-order valence-electron chi connectivity index (χ0n) is 20.4. The summed E-state index contributed by atoms with van der Waals surface area (Å²) in [6.45, 7) is 2.67. The first kappa shape index (κ1) is 24.8. The van der Waals surface area contributed by atoms with Gasteiger partial charge in [-0.3, -0.25) is 14.4 Å². The molecule has 0 aliphatic carbocycles. The van der Waals surface area contributed by atoms with E-state index in [1.165, 1.54) is 0 Å². The average molecular weight is 478 g/mol. The lowest BCUT2D eigenvalue weighted by Crippen LogP contribution is -2.55. The number of nitrogens with one attached hydrogen (secondary N) is 1. The van der Waals surface area contributed by atoms with Gasteiger partial charge in [0.15, 0.2) is 0 Å². The van der Waals surface area contributed by atoms with Crippen LogP contribution in [0, 0.1) is 5.92 Å². The number of carbonyl (C=O) groups is 3. The van der Waals surface area contributed by atoms with E-state index in [0.29, 0.717) is 43.7 Å². The number of hydrogen-bond acceptors (Lipinski definition) is 4. The smallest absolute Gasteiger partial charge is 0.251 e. The van der Waals surface area contributed by atoms with E-state index in [9.17, 15) is 14.4 Å². The molecule has 0 radical (unpaired) electrons. The highest BCUT2D eigenvalue weighted by molar-refractivity contribution is 5.97. The van der Waals surface area contributed by atoms with Crippen LogP contribution in [0.4, 0.5) is 0 Å². The molecule has 2 aliphatic heterocycles. The highest BCUT2D eigenvalue weighted by Gasteiger charge is 2.36. The van der Waals surface area contributed by atoms with Gasteiger partial charge in [0.05, 0.1) is 13.5 Å². The summed E-state index contributed by atoms with van der Waals surface area (Å²) in [5.41, 5.74) is 1.50. The molecule has 2 aromatic carbocycles. The fourth-order valence-electron chi connectivity index (χ4n) is 5.02. The number of piperidine rings is 2. The van der Waals surface area contributed by atoms with Crippen LogP contribution in [0.3, 0.4) is 0 Å². The van der Waals surface area contributed by atoms with Gasteiger partial charge in [0.25, 0.3) is 5.91 Å². The second-order valence-corrected chi connectivity index (χ2v) is 9.45. The molecule has 4 rings (SSSR count). The topological polar surface area (TPSA) is 79.0 Å². The molecule has 1 atom stereocenters. The minimum absolute atomic E-state index is 0.000578. The number of nitrogens with zero attached hydrogens (tertiary/aromatic N) is 2. The monoisotopic (exact) mass is 477 g/mol. The van der Waals surface area contributed by atoms with Crippen LogP contribution in [0.2, 0.25) is 0 Å². The van der Waals surface area contributed by atoms with E-state index in [-0.39, 0.29) is 23.6 Å². The van der Waals surface area contributed by atoms with E-state index in [4.69, 9.17) is 4.74 Å². The Kier molecular flexibility index (Phi) is 8.40. The Morgan fingerprint density at radius 3 is 2.17 bits per heavy atom. The van der Waals surface area contributed by atoms with E-state index in [1.807, 2.05) is 40.1 Å². The third-order valence-corrected chi connectivity index (χ3v) is 7.13. The van der Waals surface area contributed by atoms with Gasteiger partial charge in [-0.05, 0) is 67.9 Å². The Balaban J connectivity index is 1.42. The summed E-state index contributed by atoms with van der Waals surface area (Å²) >= 11 is 0. The van der Waals surface area contributed by atoms with Crippen molar-refractivity contribution in [1.29, 1.82) is 0 Å². The predicted octanol–water partition coefficient (Wildman–Crippen LogP) is 3.29. The molecule has 35 heavy (non-hydrogen) atoms. The molecule has 3 amide bonds. The van der Waals surface area contributed by atoms with E-state index in [0.717, 1.165) is 37.9 Å². The van der Waals surface area contributed by atoms with Crippen LogP contribution in [0.5, 0.6) is 5.75 Å². The Morgan fingerprint density at radius 2 is 1.54 bits per heavy atom. The quantitative estimate of drug-likeness (QED) is 0.664. The minimum Gasteiger partial charge on any atom is -0.497 e. The second-order valence-electron chi connectivity index (χ2n) is 9.45. The lowest BCUT2D eigenvalue weighted by molar-refractivity contribution is -0.136.